The molecular formula is C26H29N5O. The van der Waals surface area contributed by atoms with Crippen LogP contribution in [0.25, 0.3) is 11.0 Å². The van der Waals surface area contributed by atoms with Gasteiger partial charge in [0, 0.05) is 44.7 Å². The number of hydrogen-bond acceptors (Lipinski definition) is 4. The first-order chi connectivity index (χ1) is 15.6. The lowest BCUT2D eigenvalue weighted by Crippen LogP contribution is -2.59. The van der Waals surface area contributed by atoms with Crippen molar-refractivity contribution in [2.24, 2.45) is 5.41 Å². The zero-order chi connectivity index (χ0) is 22.0. The van der Waals surface area contributed by atoms with Crippen molar-refractivity contribution in [2.45, 2.75) is 19.3 Å². The molecule has 6 nitrogen and oxygen atoms in total. The minimum atomic E-state index is -0.140. The summed E-state index contributed by atoms with van der Waals surface area (Å²) in [6, 6.07) is 17.6. The van der Waals surface area contributed by atoms with Crippen LogP contribution in [0.5, 0.6) is 0 Å². The normalized spacial score (nSPS) is 17.6. The van der Waals surface area contributed by atoms with E-state index < -0.39 is 0 Å². The van der Waals surface area contributed by atoms with Gasteiger partial charge < -0.3 is 15.1 Å². The third kappa shape index (κ3) is 4.09. The van der Waals surface area contributed by atoms with E-state index in [1.165, 1.54) is 13.1 Å². The quantitative estimate of drug-likeness (QED) is 0.513. The lowest BCUT2D eigenvalue weighted by atomic mass is 9.72. The molecule has 0 unspecified atom stereocenters. The van der Waals surface area contributed by atoms with Crippen molar-refractivity contribution in [3.8, 4) is 11.8 Å². The van der Waals surface area contributed by atoms with E-state index in [1.54, 1.807) is 4.57 Å². The van der Waals surface area contributed by atoms with Gasteiger partial charge in [0.1, 0.15) is 0 Å². The molecule has 5 rings (SSSR count). The number of nitrogens with zero attached hydrogens (tertiary/aromatic N) is 4. The second-order valence-electron chi connectivity index (χ2n) is 9.04. The molecule has 1 spiro atoms. The summed E-state index contributed by atoms with van der Waals surface area (Å²) in [5.41, 5.74) is 3.15. The second kappa shape index (κ2) is 8.68. The molecule has 1 N–H and O–H groups in total. The molecule has 2 aliphatic rings. The molecule has 3 aromatic rings. The summed E-state index contributed by atoms with van der Waals surface area (Å²) < 4.78 is 1.74. The number of carbonyl (C=O) groups excluding carboxylic acids is 1. The molecule has 0 aliphatic carbocycles. The fourth-order valence-electron chi connectivity index (χ4n) is 5.02. The number of para-hydroxylation sites is 2. The molecule has 2 aromatic carbocycles. The first-order valence-electron chi connectivity index (χ1n) is 11.4. The largest absolute Gasteiger partial charge is 0.342 e. The summed E-state index contributed by atoms with van der Waals surface area (Å²) in [6.45, 7) is 4.74. The molecule has 1 amide bonds. The number of nitrogens with one attached hydrogen (secondary N) is 1. The molecular weight excluding hydrogens is 398 g/mol. The van der Waals surface area contributed by atoms with Crippen molar-refractivity contribution in [3.63, 3.8) is 0 Å². The van der Waals surface area contributed by atoms with Gasteiger partial charge in [-0.05, 0) is 49.6 Å². The Balaban J connectivity index is 1.28. The maximum atomic E-state index is 13.2. The molecule has 0 saturated carbocycles. The average molecular weight is 428 g/mol. The average Bonchev–Trinajstić information content (AvgIpc) is 3.19. The Morgan fingerprint density at radius 1 is 1.06 bits per heavy atom. The zero-order valence-corrected chi connectivity index (χ0v) is 18.6. The van der Waals surface area contributed by atoms with Crippen LogP contribution in [0.2, 0.25) is 0 Å². The molecule has 1 aromatic heterocycles. The van der Waals surface area contributed by atoms with Crippen molar-refractivity contribution in [1.29, 1.82) is 0 Å². The Morgan fingerprint density at radius 2 is 1.78 bits per heavy atom. The van der Waals surface area contributed by atoms with E-state index in [9.17, 15) is 4.79 Å². The first kappa shape index (κ1) is 20.6. The number of aromatic nitrogens is 2. The Kier molecular flexibility index (Phi) is 5.59. The van der Waals surface area contributed by atoms with Gasteiger partial charge in [-0.25, -0.2) is 14.3 Å². The molecule has 0 radical (unpaired) electrons. The van der Waals surface area contributed by atoms with Crippen molar-refractivity contribution in [3.05, 3.63) is 60.2 Å². The lowest BCUT2D eigenvalue weighted by molar-refractivity contribution is 0.00108. The molecule has 2 fully saturated rings. The summed E-state index contributed by atoms with van der Waals surface area (Å²) in [5, 5.41) is 3.04. The van der Waals surface area contributed by atoms with E-state index in [2.05, 4.69) is 34.0 Å². The topological polar surface area (TPSA) is 53.4 Å². The highest BCUT2D eigenvalue weighted by Crippen LogP contribution is 2.40. The van der Waals surface area contributed by atoms with Crippen LogP contribution in [0.3, 0.4) is 0 Å². The Labute approximate surface area is 189 Å². The maximum Gasteiger partial charge on any atom is 0.328 e. The van der Waals surface area contributed by atoms with Crippen molar-refractivity contribution in [2.75, 3.05) is 44.7 Å². The number of benzene rings is 2. The van der Waals surface area contributed by atoms with E-state index in [0.717, 1.165) is 48.5 Å². The maximum absolute atomic E-state index is 13.2. The Bertz CT molecular complexity index is 1160. The van der Waals surface area contributed by atoms with Crippen molar-refractivity contribution in [1.82, 2.24) is 19.8 Å². The standard InChI is InChI=1S/C26H29N5O/c1-29-19-26(20-29)14-17-30(18-15-26)24-28-22-12-5-6-13-23(22)31(24)25(32)27-16-8-7-11-21-9-3-2-4-10-21/h2-6,9-10,12-13H,8,14-20H2,1H3,(H,27,32). The minimum Gasteiger partial charge on any atom is -0.342 e. The third-order valence-corrected chi connectivity index (χ3v) is 6.60. The van der Waals surface area contributed by atoms with Crippen LogP contribution in [-0.2, 0) is 0 Å². The van der Waals surface area contributed by atoms with Crippen LogP contribution in [0.1, 0.15) is 24.8 Å². The Hall–Kier alpha value is -3.30. The monoisotopic (exact) mass is 427 g/mol. The van der Waals surface area contributed by atoms with Gasteiger partial charge in [0.25, 0.3) is 0 Å². The van der Waals surface area contributed by atoms with Gasteiger partial charge in [-0.15, -0.1) is 0 Å². The van der Waals surface area contributed by atoms with Crippen molar-refractivity contribution >= 4 is 23.0 Å². The van der Waals surface area contributed by atoms with Gasteiger partial charge in [0.2, 0.25) is 5.95 Å². The van der Waals surface area contributed by atoms with E-state index in [1.807, 2.05) is 54.6 Å². The molecule has 2 saturated heterocycles. The van der Waals surface area contributed by atoms with E-state index in [0.29, 0.717) is 18.4 Å². The smallest absolute Gasteiger partial charge is 0.328 e. The molecule has 0 atom stereocenters. The molecule has 0 bridgehead atoms. The molecule has 3 heterocycles. The number of fused-ring (bicyclic) bond motifs is 1. The number of carbonyl (C=O) groups is 1. The summed E-state index contributed by atoms with van der Waals surface area (Å²) in [7, 11) is 2.19. The van der Waals surface area contributed by atoms with Gasteiger partial charge in [-0.2, -0.15) is 0 Å². The number of rotatable bonds is 3. The third-order valence-electron chi connectivity index (χ3n) is 6.60. The van der Waals surface area contributed by atoms with Gasteiger partial charge in [-0.1, -0.05) is 42.2 Å². The lowest BCUT2D eigenvalue weighted by Gasteiger charge is -2.53. The van der Waals surface area contributed by atoms with Gasteiger partial charge >= 0.3 is 6.03 Å². The van der Waals surface area contributed by atoms with Crippen LogP contribution in [-0.4, -0.2) is 60.3 Å². The Morgan fingerprint density at radius 3 is 2.53 bits per heavy atom. The number of amides is 1. The fourth-order valence-corrected chi connectivity index (χ4v) is 5.02. The van der Waals surface area contributed by atoms with Crippen LogP contribution >= 0.6 is 0 Å². The number of hydrogen-bond donors (Lipinski definition) is 1. The number of anilines is 1. The van der Waals surface area contributed by atoms with Crippen LogP contribution in [0, 0.1) is 17.3 Å². The fraction of sp³-hybridized carbons (Fsp3) is 0.385. The van der Waals surface area contributed by atoms with E-state index >= 15 is 0 Å². The molecule has 32 heavy (non-hydrogen) atoms. The highest BCUT2D eigenvalue weighted by atomic mass is 16.2. The number of imidazole rings is 1. The summed E-state index contributed by atoms with van der Waals surface area (Å²) in [5.74, 6) is 7.03. The predicted octanol–water partition coefficient (Wildman–Crippen LogP) is 3.57. The predicted molar refractivity (Wildman–Crippen MR) is 128 cm³/mol. The first-order valence-corrected chi connectivity index (χ1v) is 11.4. The summed E-state index contributed by atoms with van der Waals surface area (Å²) >= 11 is 0. The zero-order valence-electron chi connectivity index (χ0n) is 18.6. The van der Waals surface area contributed by atoms with Crippen LogP contribution in [0.15, 0.2) is 54.6 Å². The minimum absolute atomic E-state index is 0.140. The summed E-state index contributed by atoms with van der Waals surface area (Å²) in [4.78, 5) is 22.7. The van der Waals surface area contributed by atoms with E-state index in [-0.39, 0.29) is 6.03 Å². The molecule has 164 valence electrons. The number of piperidine rings is 1. The second-order valence-corrected chi connectivity index (χ2v) is 9.04. The highest BCUT2D eigenvalue weighted by Gasteiger charge is 2.43. The van der Waals surface area contributed by atoms with E-state index in [4.69, 9.17) is 4.98 Å². The van der Waals surface area contributed by atoms with Crippen LogP contribution in [0.4, 0.5) is 10.7 Å². The van der Waals surface area contributed by atoms with Crippen molar-refractivity contribution < 1.29 is 4.79 Å². The molecule has 6 heteroatoms. The highest BCUT2D eigenvalue weighted by molar-refractivity contribution is 5.93. The van der Waals surface area contributed by atoms with Gasteiger partial charge in [0.15, 0.2) is 0 Å². The van der Waals surface area contributed by atoms with Gasteiger partial charge in [-0.3, -0.25) is 0 Å². The molecule has 2 aliphatic heterocycles. The summed E-state index contributed by atoms with van der Waals surface area (Å²) in [6.07, 6.45) is 2.90. The SMILES string of the molecule is CN1CC2(CCN(c3nc4ccccc4n3C(=O)NCCC#Cc3ccccc3)CC2)C1. The number of likely N-dealkylation sites (tertiary alicyclic amines) is 1. The van der Waals surface area contributed by atoms with Crippen LogP contribution < -0.4 is 10.2 Å². The van der Waals surface area contributed by atoms with Gasteiger partial charge in [0.05, 0.1) is 11.0 Å².